The molecule has 1 aliphatic rings. The number of hydrogen-bond acceptors (Lipinski definition) is 6. The van der Waals surface area contributed by atoms with Crippen molar-refractivity contribution in [2.24, 2.45) is 0 Å². The monoisotopic (exact) mass is 383 g/mol. The summed E-state index contributed by atoms with van der Waals surface area (Å²) in [6.07, 6.45) is 2.95. The molecule has 29 heavy (non-hydrogen) atoms. The number of carbonyl (C=O) groups excluding carboxylic acids is 1. The van der Waals surface area contributed by atoms with Crippen molar-refractivity contribution in [2.75, 3.05) is 10.6 Å². The van der Waals surface area contributed by atoms with Crippen molar-refractivity contribution in [3.8, 4) is 17.1 Å². The summed E-state index contributed by atoms with van der Waals surface area (Å²) in [6.45, 7) is 1.72. The number of rotatable bonds is 3. The fourth-order valence-electron chi connectivity index (χ4n) is 3.22. The maximum atomic E-state index is 11.9. The number of fused-ring (bicyclic) bond motifs is 2. The van der Waals surface area contributed by atoms with Gasteiger partial charge in [-0.15, -0.1) is 0 Å². The van der Waals surface area contributed by atoms with Crippen LogP contribution in [0.5, 0.6) is 5.75 Å². The molecule has 0 bridgehead atoms. The van der Waals surface area contributed by atoms with Gasteiger partial charge in [-0.3, -0.25) is 9.78 Å². The Morgan fingerprint density at radius 1 is 1.07 bits per heavy atom. The molecule has 0 saturated heterocycles. The second-order valence-electron chi connectivity index (χ2n) is 6.74. The zero-order chi connectivity index (χ0) is 19.8. The topological polar surface area (TPSA) is 89.0 Å². The van der Waals surface area contributed by atoms with Crippen LogP contribution in [0.1, 0.15) is 6.92 Å². The van der Waals surface area contributed by atoms with E-state index in [1.165, 1.54) is 0 Å². The molecule has 5 rings (SSSR count). The van der Waals surface area contributed by atoms with Gasteiger partial charge in [-0.25, -0.2) is 9.97 Å². The number of para-hydroxylation sites is 1. The molecule has 3 heterocycles. The Hall–Kier alpha value is -4.00. The van der Waals surface area contributed by atoms with Crippen LogP contribution in [0.15, 0.2) is 67.0 Å². The van der Waals surface area contributed by atoms with E-state index >= 15 is 0 Å². The molecule has 2 N–H and O–H groups in total. The summed E-state index contributed by atoms with van der Waals surface area (Å²) in [7, 11) is 0. The van der Waals surface area contributed by atoms with Crippen LogP contribution in [0.25, 0.3) is 22.3 Å². The van der Waals surface area contributed by atoms with Crippen LogP contribution in [0.4, 0.5) is 17.2 Å². The van der Waals surface area contributed by atoms with Crippen molar-refractivity contribution in [3.05, 3.63) is 67.0 Å². The van der Waals surface area contributed by atoms with Gasteiger partial charge in [0.25, 0.3) is 5.91 Å². The highest BCUT2D eigenvalue weighted by atomic mass is 16.5. The van der Waals surface area contributed by atoms with Crippen molar-refractivity contribution in [3.63, 3.8) is 0 Å². The van der Waals surface area contributed by atoms with E-state index in [2.05, 4.69) is 20.6 Å². The number of nitrogens with zero attached hydrogens (tertiary/aromatic N) is 3. The number of pyridine rings is 1. The number of ether oxygens (including phenoxy) is 1. The third-order valence-corrected chi connectivity index (χ3v) is 4.70. The lowest BCUT2D eigenvalue weighted by Crippen LogP contribution is -2.34. The summed E-state index contributed by atoms with van der Waals surface area (Å²) in [5, 5.41) is 7.12. The van der Waals surface area contributed by atoms with Gasteiger partial charge in [0.15, 0.2) is 11.9 Å². The summed E-state index contributed by atoms with van der Waals surface area (Å²) in [6, 6.07) is 17.1. The number of carbonyl (C=O) groups is 1. The zero-order valence-corrected chi connectivity index (χ0v) is 15.6. The van der Waals surface area contributed by atoms with Crippen LogP contribution in [0.3, 0.4) is 0 Å². The summed E-state index contributed by atoms with van der Waals surface area (Å²) >= 11 is 0. The van der Waals surface area contributed by atoms with Gasteiger partial charge >= 0.3 is 0 Å². The van der Waals surface area contributed by atoms with Gasteiger partial charge in [0, 0.05) is 29.0 Å². The summed E-state index contributed by atoms with van der Waals surface area (Å²) in [4.78, 5) is 25.5. The molecule has 0 saturated carbocycles. The first-order valence-electron chi connectivity index (χ1n) is 9.23. The first-order chi connectivity index (χ1) is 14.2. The molecule has 0 fully saturated rings. The molecule has 7 nitrogen and oxygen atoms in total. The average Bonchev–Trinajstić information content (AvgIpc) is 2.75. The van der Waals surface area contributed by atoms with Gasteiger partial charge in [-0.1, -0.05) is 12.1 Å². The van der Waals surface area contributed by atoms with Gasteiger partial charge in [-0.2, -0.15) is 0 Å². The molecule has 2 aromatic heterocycles. The first-order valence-corrected chi connectivity index (χ1v) is 9.23. The number of aromatic nitrogens is 3. The van der Waals surface area contributed by atoms with E-state index in [1.54, 1.807) is 19.3 Å². The van der Waals surface area contributed by atoms with E-state index in [0.717, 1.165) is 22.2 Å². The Kier molecular flexibility index (Phi) is 4.05. The minimum atomic E-state index is -0.505. The quantitative estimate of drug-likeness (QED) is 0.552. The Labute approximate surface area is 166 Å². The lowest BCUT2D eigenvalue weighted by Gasteiger charge is -2.23. The van der Waals surface area contributed by atoms with E-state index in [4.69, 9.17) is 9.72 Å². The fourth-order valence-corrected chi connectivity index (χ4v) is 3.22. The van der Waals surface area contributed by atoms with E-state index < -0.39 is 6.10 Å². The molecule has 1 atom stereocenters. The second-order valence-corrected chi connectivity index (χ2v) is 6.74. The predicted molar refractivity (Wildman–Crippen MR) is 111 cm³/mol. The van der Waals surface area contributed by atoms with Crippen molar-refractivity contribution in [2.45, 2.75) is 13.0 Å². The predicted octanol–water partition coefficient (Wildman–Crippen LogP) is 4.15. The number of nitrogens with one attached hydrogen (secondary N) is 2. The van der Waals surface area contributed by atoms with Gasteiger partial charge in [0.1, 0.15) is 11.6 Å². The van der Waals surface area contributed by atoms with Crippen LogP contribution >= 0.6 is 0 Å². The highest BCUT2D eigenvalue weighted by Gasteiger charge is 2.23. The van der Waals surface area contributed by atoms with Crippen LogP contribution < -0.4 is 15.4 Å². The highest BCUT2D eigenvalue weighted by molar-refractivity contribution is 5.98. The lowest BCUT2D eigenvalue weighted by molar-refractivity contribution is -0.122. The summed E-state index contributed by atoms with van der Waals surface area (Å²) in [5.74, 6) is 1.74. The molecular formula is C22H17N5O2. The average molecular weight is 383 g/mol. The van der Waals surface area contributed by atoms with Crippen molar-refractivity contribution in [1.29, 1.82) is 0 Å². The maximum absolute atomic E-state index is 11.9. The van der Waals surface area contributed by atoms with Crippen LogP contribution in [0.2, 0.25) is 0 Å². The number of hydrogen-bond donors (Lipinski definition) is 2. The van der Waals surface area contributed by atoms with Gasteiger partial charge < -0.3 is 15.4 Å². The molecule has 0 unspecified atom stereocenters. The van der Waals surface area contributed by atoms with Crippen molar-refractivity contribution < 1.29 is 9.53 Å². The third-order valence-electron chi connectivity index (χ3n) is 4.70. The van der Waals surface area contributed by atoms with E-state index in [0.29, 0.717) is 23.1 Å². The number of benzene rings is 2. The third kappa shape index (κ3) is 3.23. The van der Waals surface area contributed by atoms with E-state index in [-0.39, 0.29) is 5.91 Å². The van der Waals surface area contributed by atoms with Crippen LogP contribution in [0, 0.1) is 0 Å². The Morgan fingerprint density at radius 3 is 2.83 bits per heavy atom. The number of anilines is 3. The molecular weight excluding hydrogens is 366 g/mol. The Balaban J connectivity index is 1.57. The molecule has 1 amide bonds. The molecule has 1 aliphatic heterocycles. The lowest BCUT2D eigenvalue weighted by atomic mass is 10.2. The molecule has 0 radical (unpaired) electrons. The van der Waals surface area contributed by atoms with E-state index in [1.807, 2.05) is 54.6 Å². The maximum Gasteiger partial charge on any atom is 0.265 e. The molecule has 142 valence electrons. The smallest absolute Gasteiger partial charge is 0.265 e. The summed E-state index contributed by atoms with van der Waals surface area (Å²) < 4.78 is 5.62. The van der Waals surface area contributed by atoms with Crippen LogP contribution in [-0.4, -0.2) is 27.0 Å². The molecule has 2 aromatic carbocycles. The molecule has 4 aromatic rings. The zero-order valence-electron chi connectivity index (χ0n) is 15.6. The van der Waals surface area contributed by atoms with Crippen molar-refractivity contribution in [1.82, 2.24) is 15.0 Å². The molecule has 0 spiro atoms. The van der Waals surface area contributed by atoms with Crippen molar-refractivity contribution >= 4 is 34.0 Å². The number of amides is 1. The largest absolute Gasteiger partial charge is 0.479 e. The van der Waals surface area contributed by atoms with Gasteiger partial charge in [-0.05, 0) is 49.4 Å². The van der Waals surface area contributed by atoms with Gasteiger partial charge in [0.05, 0.1) is 11.2 Å². The first kappa shape index (κ1) is 17.1. The normalized spacial score (nSPS) is 15.3. The molecule has 7 heteroatoms. The second kappa shape index (κ2) is 6.87. The van der Waals surface area contributed by atoms with E-state index in [9.17, 15) is 4.79 Å². The van der Waals surface area contributed by atoms with Gasteiger partial charge in [0.2, 0.25) is 0 Å². The summed E-state index contributed by atoms with van der Waals surface area (Å²) in [5.41, 5.74) is 3.07. The Bertz CT molecular complexity index is 1230. The standard InChI is InChI=1S/C22H17N5O2/c1-13-22(28)26-18-11-15(8-9-19(18)29-13)24-21-16-6-2-3-7-17(16)25-20(27-21)14-5-4-10-23-12-14/h2-13H,1H3,(H,26,28)(H,24,25,27)/t13-/m1/s1. The van der Waals surface area contributed by atoms with Crippen LogP contribution in [-0.2, 0) is 4.79 Å². The minimum absolute atomic E-state index is 0.166. The Morgan fingerprint density at radius 2 is 1.97 bits per heavy atom. The molecule has 0 aliphatic carbocycles. The fraction of sp³-hybridized carbons (Fsp3) is 0.0909. The highest BCUT2D eigenvalue weighted by Crippen LogP contribution is 2.34. The SMILES string of the molecule is C[C@H]1Oc2ccc(Nc3nc(-c4cccnc4)nc4ccccc34)cc2NC1=O. The minimum Gasteiger partial charge on any atom is -0.479 e.